The molecule has 0 aliphatic heterocycles. The molecule has 0 aliphatic carbocycles. The fraction of sp³-hybridized carbons (Fsp3) is 0.600. The van der Waals surface area contributed by atoms with Crippen molar-refractivity contribution in [3.8, 4) is 0 Å². The Hall–Kier alpha value is -0.870. The summed E-state index contributed by atoms with van der Waals surface area (Å²) in [5, 5.41) is 3.70. The van der Waals surface area contributed by atoms with E-state index in [-0.39, 0.29) is 0 Å². The lowest BCUT2D eigenvalue weighted by atomic mass is 10.4. The Labute approximate surface area is 95.7 Å². The van der Waals surface area contributed by atoms with Gasteiger partial charge in [0.1, 0.15) is 16.8 Å². The molecule has 1 rings (SSSR count). The van der Waals surface area contributed by atoms with E-state index in [1.165, 1.54) is 0 Å². The first-order chi connectivity index (χ1) is 7.08. The molecule has 0 saturated heterocycles. The van der Waals surface area contributed by atoms with Crippen molar-refractivity contribution in [2.45, 2.75) is 13.3 Å². The maximum atomic E-state index is 5.81. The molecule has 0 radical (unpaired) electrons. The van der Waals surface area contributed by atoms with Crippen molar-refractivity contribution in [1.29, 1.82) is 0 Å². The number of aromatic nitrogens is 2. The first-order valence-corrected chi connectivity index (χ1v) is 5.35. The van der Waals surface area contributed by atoms with E-state index in [2.05, 4.69) is 34.3 Å². The summed E-state index contributed by atoms with van der Waals surface area (Å²) in [6.45, 7) is 3.78. The lowest BCUT2D eigenvalue weighted by molar-refractivity contribution is 0.405. The number of anilines is 1. The third kappa shape index (κ3) is 4.95. The van der Waals surface area contributed by atoms with E-state index in [0.717, 1.165) is 25.3 Å². The highest BCUT2D eigenvalue weighted by molar-refractivity contribution is 6.29. The number of halogens is 1. The first-order valence-electron chi connectivity index (χ1n) is 4.97. The van der Waals surface area contributed by atoms with Crippen LogP contribution in [0.1, 0.15) is 12.2 Å². The largest absolute Gasteiger partial charge is 0.370 e. The van der Waals surface area contributed by atoms with Gasteiger partial charge in [-0.1, -0.05) is 11.6 Å². The van der Waals surface area contributed by atoms with Crippen molar-refractivity contribution in [3.05, 3.63) is 17.0 Å². The monoisotopic (exact) mass is 228 g/mol. The summed E-state index contributed by atoms with van der Waals surface area (Å²) in [7, 11) is 4.12. The summed E-state index contributed by atoms with van der Waals surface area (Å²) in [6.07, 6.45) is 1.08. The van der Waals surface area contributed by atoms with E-state index in [1.54, 1.807) is 6.07 Å². The highest BCUT2D eigenvalue weighted by Crippen LogP contribution is 2.10. The van der Waals surface area contributed by atoms with E-state index in [4.69, 9.17) is 11.6 Å². The zero-order valence-electron chi connectivity index (χ0n) is 9.42. The lowest BCUT2D eigenvalue weighted by Crippen LogP contribution is -2.16. The van der Waals surface area contributed by atoms with Crippen LogP contribution in [-0.2, 0) is 0 Å². The molecular weight excluding hydrogens is 212 g/mol. The number of hydrogen-bond acceptors (Lipinski definition) is 4. The van der Waals surface area contributed by atoms with Gasteiger partial charge < -0.3 is 10.2 Å². The second-order valence-electron chi connectivity index (χ2n) is 3.71. The van der Waals surface area contributed by atoms with Crippen LogP contribution in [0.4, 0.5) is 5.82 Å². The molecule has 0 atom stereocenters. The van der Waals surface area contributed by atoms with Crippen molar-refractivity contribution in [3.63, 3.8) is 0 Å². The maximum absolute atomic E-state index is 5.81. The van der Waals surface area contributed by atoms with Crippen LogP contribution in [0.15, 0.2) is 6.07 Å². The van der Waals surface area contributed by atoms with Crippen LogP contribution in [0, 0.1) is 6.92 Å². The highest BCUT2D eigenvalue weighted by atomic mass is 35.5. The predicted molar refractivity (Wildman–Crippen MR) is 63.4 cm³/mol. The number of nitrogens with zero attached hydrogens (tertiary/aromatic N) is 3. The molecule has 0 spiro atoms. The SMILES string of the molecule is Cc1nc(Cl)cc(NCCCN(C)C)n1. The molecule has 0 unspecified atom stereocenters. The van der Waals surface area contributed by atoms with Gasteiger partial charge in [-0.05, 0) is 34.0 Å². The molecule has 1 heterocycles. The fourth-order valence-electron chi connectivity index (χ4n) is 1.23. The van der Waals surface area contributed by atoms with E-state index in [9.17, 15) is 0 Å². The molecule has 84 valence electrons. The van der Waals surface area contributed by atoms with E-state index >= 15 is 0 Å². The van der Waals surface area contributed by atoms with Gasteiger partial charge in [0.25, 0.3) is 0 Å². The van der Waals surface area contributed by atoms with E-state index in [1.807, 2.05) is 6.92 Å². The van der Waals surface area contributed by atoms with Gasteiger partial charge in [0.05, 0.1) is 0 Å². The summed E-state index contributed by atoms with van der Waals surface area (Å²) >= 11 is 5.81. The van der Waals surface area contributed by atoms with Crippen molar-refractivity contribution in [2.75, 3.05) is 32.5 Å². The van der Waals surface area contributed by atoms with Crippen LogP contribution in [-0.4, -0.2) is 42.1 Å². The van der Waals surface area contributed by atoms with E-state index < -0.39 is 0 Å². The predicted octanol–water partition coefficient (Wildman–Crippen LogP) is 1.80. The van der Waals surface area contributed by atoms with Crippen molar-refractivity contribution in [1.82, 2.24) is 14.9 Å². The Balaban J connectivity index is 2.37. The van der Waals surface area contributed by atoms with Crippen LogP contribution in [0.5, 0.6) is 0 Å². The molecule has 1 aromatic heterocycles. The average Bonchev–Trinajstić information content (AvgIpc) is 2.10. The fourth-order valence-corrected chi connectivity index (χ4v) is 1.46. The average molecular weight is 229 g/mol. The molecule has 0 amide bonds. The van der Waals surface area contributed by atoms with Crippen molar-refractivity contribution < 1.29 is 0 Å². The Kier molecular flexibility index (Phi) is 4.78. The number of hydrogen-bond donors (Lipinski definition) is 1. The molecule has 4 nitrogen and oxygen atoms in total. The topological polar surface area (TPSA) is 41.1 Å². The van der Waals surface area contributed by atoms with Crippen LogP contribution >= 0.6 is 11.6 Å². The molecule has 1 aromatic rings. The second-order valence-corrected chi connectivity index (χ2v) is 4.09. The standard InChI is InChI=1S/C10H17ClN4/c1-8-13-9(11)7-10(14-8)12-5-4-6-15(2)3/h7H,4-6H2,1-3H3,(H,12,13,14). The van der Waals surface area contributed by atoms with Crippen LogP contribution in [0.3, 0.4) is 0 Å². The van der Waals surface area contributed by atoms with Gasteiger partial charge in [-0.15, -0.1) is 0 Å². The van der Waals surface area contributed by atoms with Crippen LogP contribution in [0.2, 0.25) is 5.15 Å². The molecule has 15 heavy (non-hydrogen) atoms. The van der Waals surface area contributed by atoms with Gasteiger partial charge in [0, 0.05) is 12.6 Å². The van der Waals surface area contributed by atoms with Gasteiger partial charge in [-0.25, -0.2) is 9.97 Å². The lowest BCUT2D eigenvalue weighted by Gasteiger charge is -2.10. The van der Waals surface area contributed by atoms with Gasteiger partial charge in [0.15, 0.2) is 0 Å². The Morgan fingerprint density at radius 3 is 2.73 bits per heavy atom. The maximum Gasteiger partial charge on any atom is 0.134 e. The zero-order valence-corrected chi connectivity index (χ0v) is 10.2. The number of aryl methyl sites for hydroxylation is 1. The normalized spacial score (nSPS) is 10.7. The molecule has 0 aromatic carbocycles. The van der Waals surface area contributed by atoms with Gasteiger partial charge in [-0.3, -0.25) is 0 Å². The second kappa shape index (κ2) is 5.88. The smallest absolute Gasteiger partial charge is 0.134 e. The molecule has 0 saturated carbocycles. The molecule has 1 N–H and O–H groups in total. The first kappa shape index (κ1) is 12.2. The summed E-state index contributed by atoms with van der Waals surface area (Å²) in [6, 6.07) is 1.74. The Morgan fingerprint density at radius 1 is 1.40 bits per heavy atom. The Bertz CT molecular complexity index is 294. The molecular formula is C10H17ClN4. The zero-order chi connectivity index (χ0) is 11.3. The molecule has 0 aliphatic rings. The Morgan fingerprint density at radius 2 is 2.13 bits per heavy atom. The minimum atomic E-state index is 0.484. The summed E-state index contributed by atoms with van der Waals surface area (Å²) < 4.78 is 0. The molecule has 0 fully saturated rings. The molecule has 0 bridgehead atoms. The van der Waals surface area contributed by atoms with Crippen LogP contribution < -0.4 is 5.32 Å². The summed E-state index contributed by atoms with van der Waals surface area (Å²) in [4.78, 5) is 10.4. The third-order valence-electron chi connectivity index (χ3n) is 1.89. The number of rotatable bonds is 5. The summed E-state index contributed by atoms with van der Waals surface area (Å²) in [5.41, 5.74) is 0. The minimum absolute atomic E-state index is 0.484. The van der Waals surface area contributed by atoms with Gasteiger partial charge in [-0.2, -0.15) is 0 Å². The highest BCUT2D eigenvalue weighted by Gasteiger charge is 1.98. The van der Waals surface area contributed by atoms with Crippen molar-refractivity contribution in [2.24, 2.45) is 0 Å². The minimum Gasteiger partial charge on any atom is -0.370 e. The van der Waals surface area contributed by atoms with Crippen molar-refractivity contribution >= 4 is 17.4 Å². The number of nitrogens with one attached hydrogen (secondary N) is 1. The third-order valence-corrected chi connectivity index (χ3v) is 2.09. The van der Waals surface area contributed by atoms with Crippen LogP contribution in [0.25, 0.3) is 0 Å². The quantitative estimate of drug-likeness (QED) is 0.617. The van der Waals surface area contributed by atoms with E-state index in [0.29, 0.717) is 11.0 Å². The van der Waals surface area contributed by atoms with Gasteiger partial charge in [0.2, 0.25) is 0 Å². The molecule has 5 heteroatoms. The summed E-state index contributed by atoms with van der Waals surface area (Å²) in [5.74, 6) is 1.49. The van der Waals surface area contributed by atoms with Gasteiger partial charge >= 0.3 is 0 Å².